The summed E-state index contributed by atoms with van der Waals surface area (Å²) in [4.78, 5) is 13.0. The molecule has 0 saturated heterocycles. The molecule has 0 radical (unpaired) electrons. The van der Waals surface area contributed by atoms with Gasteiger partial charge in [-0.3, -0.25) is 4.79 Å². The zero-order valence-electron chi connectivity index (χ0n) is 17.5. The monoisotopic (exact) mass is 437 g/mol. The van der Waals surface area contributed by atoms with Crippen LogP contribution in [-0.4, -0.2) is 31.2 Å². The number of hydrogen-bond donors (Lipinski definition) is 1. The highest BCUT2D eigenvalue weighted by Gasteiger charge is 2.44. The first kappa shape index (κ1) is 21.5. The number of nitriles is 1. The fraction of sp³-hybridized carbons (Fsp3) is 0.417. The van der Waals surface area contributed by atoms with E-state index in [2.05, 4.69) is 11.4 Å². The summed E-state index contributed by atoms with van der Waals surface area (Å²) in [5, 5.41) is 12.2. The van der Waals surface area contributed by atoms with Crippen LogP contribution in [0.3, 0.4) is 0 Å². The zero-order valence-corrected chi connectivity index (χ0v) is 18.3. The normalized spacial score (nSPS) is 18.3. The molecule has 0 aromatic heterocycles. The Balaban J connectivity index is 1.50. The van der Waals surface area contributed by atoms with E-state index in [1.54, 1.807) is 42.5 Å². The number of amides is 1. The van der Waals surface area contributed by atoms with Gasteiger partial charge in [-0.2, -0.15) is 9.57 Å². The van der Waals surface area contributed by atoms with Crippen LogP contribution in [0, 0.1) is 11.3 Å². The molecule has 0 heterocycles. The van der Waals surface area contributed by atoms with Crippen LogP contribution in [0.4, 0.5) is 5.69 Å². The van der Waals surface area contributed by atoms with E-state index in [4.69, 9.17) is 0 Å². The number of rotatable bonds is 7. The van der Waals surface area contributed by atoms with E-state index in [9.17, 15) is 18.5 Å². The van der Waals surface area contributed by atoms with E-state index < -0.39 is 10.0 Å². The Morgan fingerprint density at radius 3 is 2.26 bits per heavy atom. The highest BCUT2D eigenvalue weighted by molar-refractivity contribution is 7.89. The molecule has 0 spiro atoms. The Morgan fingerprint density at radius 2 is 1.68 bits per heavy atom. The summed E-state index contributed by atoms with van der Waals surface area (Å²) in [6.07, 6.45) is 6.29. The second-order valence-corrected chi connectivity index (χ2v) is 10.4. The predicted octanol–water partition coefficient (Wildman–Crippen LogP) is 4.20. The van der Waals surface area contributed by atoms with Crippen LogP contribution in [0.25, 0.3) is 0 Å². The fourth-order valence-electron chi connectivity index (χ4n) is 4.31. The number of benzene rings is 2. The number of hydrogen-bond acceptors (Lipinski definition) is 4. The Bertz CT molecular complexity index is 1070. The third-order valence-corrected chi connectivity index (χ3v) is 8.23. The topological polar surface area (TPSA) is 90.3 Å². The smallest absolute Gasteiger partial charge is 0.243 e. The van der Waals surface area contributed by atoms with Gasteiger partial charge < -0.3 is 5.32 Å². The van der Waals surface area contributed by atoms with Crippen LogP contribution in [-0.2, 0) is 20.2 Å². The molecule has 2 aliphatic rings. The van der Waals surface area contributed by atoms with Gasteiger partial charge in [-0.05, 0) is 55.5 Å². The van der Waals surface area contributed by atoms with Crippen molar-refractivity contribution in [1.82, 2.24) is 4.31 Å². The number of carbonyl (C=O) groups is 1. The molecule has 2 aliphatic carbocycles. The van der Waals surface area contributed by atoms with Crippen molar-refractivity contribution >= 4 is 21.6 Å². The average molecular weight is 438 g/mol. The van der Waals surface area contributed by atoms with Gasteiger partial charge in [0.05, 0.1) is 22.9 Å². The first-order valence-electron chi connectivity index (χ1n) is 10.8. The Hall–Kier alpha value is -2.69. The second-order valence-electron chi connectivity index (χ2n) is 8.47. The molecule has 1 amide bonds. The summed E-state index contributed by atoms with van der Waals surface area (Å²) in [6, 6.07) is 17.8. The van der Waals surface area contributed by atoms with Crippen molar-refractivity contribution < 1.29 is 13.2 Å². The molecule has 0 bridgehead atoms. The van der Waals surface area contributed by atoms with Crippen molar-refractivity contribution in [2.24, 2.45) is 0 Å². The molecule has 0 atom stereocenters. The number of nitrogens with one attached hydrogen (secondary N) is 1. The molecular weight excluding hydrogens is 410 g/mol. The summed E-state index contributed by atoms with van der Waals surface area (Å²) in [7, 11) is -3.77. The minimum absolute atomic E-state index is 0.169. The molecule has 1 N–H and O–H groups in total. The van der Waals surface area contributed by atoms with Crippen molar-refractivity contribution in [1.29, 1.82) is 5.26 Å². The quantitative estimate of drug-likeness (QED) is 0.703. The third-order valence-electron chi connectivity index (χ3n) is 6.32. The maximum absolute atomic E-state index is 13.3. The number of sulfonamides is 1. The summed E-state index contributed by atoms with van der Waals surface area (Å²) >= 11 is 0. The Kier molecular flexibility index (Phi) is 6.12. The minimum atomic E-state index is -3.77. The first-order chi connectivity index (χ1) is 14.9. The minimum Gasteiger partial charge on any atom is -0.325 e. The van der Waals surface area contributed by atoms with Crippen molar-refractivity contribution in [2.75, 3.05) is 11.9 Å². The molecule has 2 fully saturated rings. The van der Waals surface area contributed by atoms with Gasteiger partial charge in [-0.15, -0.1) is 0 Å². The molecule has 0 unspecified atom stereocenters. The molecular formula is C24H27N3O3S. The van der Waals surface area contributed by atoms with Crippen LogP contribution in [0.1, 0.15) is 50.5 Å². The van der Waals surface area contributed by atoms with Gasteiger partial charge in [0.25, 0.3) is 0 Å². The second kappa shape index (κ2) is 8.81. The summed E-state index contributed by atoms with van der Waals surface area (Å²) < 4.78 is 28.0. The van der Waals surface area contributed by atoms with Gasteiger partial charge in [-0.1, -0.05) is 49.6 Å². The Labute approximate surface area is 183 Å². The van der Waals surface area contributed by atoms with Crippen molar-refractivity contribution in [3.8, 4) is 6.07 Å². The Morgan fingerprint density at radius 1 is 1.03 bits per heavy atom. The molecule has 162 valence electrons. The van der Waals surface area contributed by atoms with E-state index in [1.807, 2.05) is 12.1 Å². The standard InChI is InChI=1S/C24H27N3O3S/c25-18-24(15-16-24)19-11-13-20(14-12-19)26-23(28)17-27(21-7-3-1-4-8-21)31(29,30)22-9-5-2-6-10-22/h2,5-6,9-14,21H,1,3-4,7-8,15-17H2,(H,26,28). The van der Waals surface area contributed by atoms with Gasteiger partial charge in [0.2, 0.25) is 15.9 Å². The molecule has 2 aromatic carbocycles. The predicted molar refractivity (Wildman–Crippen MR) is 119 cm³/mol. The van der Waals surface area contributed by atoms with Crippen LogP contribution in [0.15, 0.2) is 59.5 Å². The van der Waals surface area contributed by atoms with Crippen molar-refractivity contribution in [3.63, 3.8) is 0 Å². The van der Waals surface area contributed by atoms with E-state index in [-0.39, 0.29) is 28.8 Å². The molecule has 0 aliphatic heterocycles. The largest absolute Gasteiger partial charge is 0.325 e. The lowest BCUT2D eigenvalue weighted by Gasteiger charge is -2.33. The first-order valence-corrected chi connectivity index (χ1v) is 12.3. The zero-order chi connectivity index (χ0) is 21.9. The average Bonchev–Trinajstić information content (AvgIpc) is 3.60. The molecule has 6 nitrogen and oxygen atoms in total. The lowest BCUT2D eigenvalue weighted by molar-refractivity contribution is -0.116. The summed E-state index contributed by atoms with van der Waals surface area (Å²) in [5.74, 6) is -0.362. The molecule has 7 heteroatoms. The molecule has 2 aromatic rings. The highest BCUT2D eigenvalue weighted by atomic mass is 32.2. The lowest BCUT2D eigenvalue weighted by Crippen LogP contribution is -2.45. The highest BCUT2D eigenvalue weighted by Crippen LogP contribution is 2.47. The van der Waals surface area contributed by atoms with Crippen molar-refractivity contribution in [2.45, 2.75) is 61.3 Å². The lowest BCUT2D eigenvalue weighted by atomic mass is 9.95. The molecule has 2 saturated carbocycles. The van der Waals surface area contributed by atoms with Gasteiger partial charge in [-0.25, -0.2) is 8.42 Å². The van der Waals surface area contributed by atoms with Crippen LogP contribution >= 0.6 is 0 Å². The van der Waals surface area contributed by atoms with E-state index in [0.717, 1.165) is 50.5 Å². The fourth-order valence-corrected chi connectivity index (χ4v) is 5.97. The van der Waals surface area contributed by atoms with Crippen LogP contribution < -0.4 is 5.32 Å². The number of carbonyl (C=O) groups excluding carboxylic acids is 1. The SMILES string of the molecule is N#CC1(c2ccc(NC(=O)CN(C3CCCCC3)S(=O)(=O)c3ccccc3)cc2)CC1. The van der Waals surface area contributed by atoms with Gasteiger partial charge in [0, 0.05) is 11.7 Å². The molecule has 4 rings (SSSR count). The number of anilines is 1. The molecule has 31 heavy (non-hydrogen) atoms. The third kappa shape index (κ3) is 4.65. The summed E-state index contributed by atoms with van der Waals surface area (Å²) in [6.45, 7) is -0.216. The van der Waals surface area contributed by atoms with Crippen LogP contribution in [0.5, 0.6) is 0 Å². The van der Waals surface area contributed by atoms with E-state index in [1.165, 1.54) is 4.31 Å². The van der Waals surface area contributed by atoms with Gasteiger partial charge >= 0.3 is 0 Å². The van der Waals surface area contributed by atoms with Gasteiger partial charge in [0.15, 0.2) is 0 Å². The summed E-state index contributed by atoms with van der Waals surface area (Å²) in [5.41, 5.74) is 1.19. The maximum atomic E-state index is 13.3. The van der Waals surface area contributed by atoms with Crippen molar-refractivity contribution in [3.05, 3.63) is 60.2 Å². The van der Waals surface area contributed by atoms with Gasteiger partial charge in [0.1, 0.15) is 0 Å². The van der Waals surface area contributed by atoms with Crippen LogP contribution in [0.2, 0.25) is 0 Å². The maximum Gasteiger partial charge on any atom is 0.243 e. The van der Waals surface area contributed by atoms with E-state index in [0.29, 0.717) is 5.69 Å². The number of nitrogens with zero attached hydrogens (tertiary/aromatic N) is 2. The van der Waals surface area contributed by atoms with E-state index >= 15 is 0 Å².